The Bertz CT molecular complexity index is 712. The summed E-state index contributed by atoms with van der Waals surface area (Å²) in [4.78, 5) is 24.2. The van der Waals surface area contributed by atoms with E-state index >= 15 is 0 Å². The van der Waals surface area contributed by atoms with Crippen LogP contribution in [0.5, 0.6) is 0 Å². The molecule has 0 heterocycles. The van der Waals surface area contributed by atoms with Crippen molar-refractivity contribution in [1.82, 2.24) is 0 Å². The molecule has 5 nitrogen and oxygen atoms in total. The molecular formula is C19H21NO4. The lowest BCUT2D eigenvalue weighted by Crippen LogP contribution is -2.14. The predicted octanol–water partition coefficient (Wildman–Crippen LogP) is 3.44. The molecule has 0 spiro atoms. The van der Waals surface area contributed by atoms with Gasteiger partial charge in [0.1, 0.15) is 6.61 Å². The van der Waals surface area contributed by atoms with Gasteiger partial charge in [-0.2, -0.15) is 0 Å². The van der Waals surface area contributed by atoms with E-state index in [9.17, 15) is 9.59 Å². The van der Waals surface area contributed by atoms with E-state index < -0.39 is 5.97 Å². The smallest absolute Gasteiger partial charge is 0.338 e. The Kier molecular flexibility index (Phi) is 6.51. The second-order valence-electron chi connectivity index (χ2n) is 5.24. The topological polar surface area (TPSA) is 64.6 Å². The molecule has 0 aromatic heterocycles. The van der Waals surface area contributed by atoms with Crippen LogP contribution in [0.15, 0.2) is 48.5 Å². The van der Waals surface area contributed by atoms with Gasteiger partial charge in [0.05, 0.1) is 12.2 Å². The molecule has 2 aromatic carbocycles. The number of ether oxygens (including phenoxy) is 2. The highest BCUT2D eigenvalue weighted by atomic mass is 16.6. The number of benzene rings is 2. The summed E-state index contributed by atoms with van der Waals surface area (Å²) < 4.78 is 10.2. The molecular weight excluding hydrogens is 306 g/mol. The van der Waals surface area contributed by atoms with Gasteiger partial charge in [-0.3, -0.25) is 4.79 Å². The van der Waals surface area contributed by atoms with Crippen LogP contribution in [-0.4, -0.2) is 31.7 Å². The lowest BCUT2D eigenvalue weighted by molar-refractivity contribution is 0.0335. The molecule has 0 fully saturated rings. The Balaban J connectivity index is 1.99. The van der Waals surface area contributed by atoms with E-state index in [-0.39, 0.29) is 12.5 Å². The highest BCUT2D eigenvalue weighted by Gasteiger charge is 2.10. The van der Waals surface area contributed by atoms with Gasteiger partial charge in [0.25, 0.3) is 5.91 Å². The zero-order chi connectivity index (χ0) is 17.4. The normalized spacial score (nSPS) is 10.2. The van der Waals surface area contributed by atoms with Crippen molar-refractivity contribution in [2.45, 2.75) is 13.8 Å². The maximum Gasteiger partial charge on any atom is 0.338 e. The molecule has 0 aliphatic rings. The van der Waals surface area contributed by atoms with Gasteiger partial charge in [-0.05, 0) is 44.2 Å². The van der Waals surface area contributed by atoms with E-state index in [2.05, 4.69) is 5.32 Å². The first kappa shape index (κ1) is 17.7. The zero-order valence-corrected chi connectivity index (χ0v) is 13.9. The molecule has 1 amide bonds. The summed E-state index contributed by atoms with van der Waals surface area (Å²) in [6, 6.07) is 14.0. The maximum absolute atomic E-state index is 12.2. The van der Waals surface area contributed by atoms with E-state index in [1.54, 1.807) is 36.4 Å². The van der Waals surface area contributed by atoms with Crippen molar-refractivity contribution in [1.29, 1.82) is 0 Å². The minimum absolute atomic E-state index is 0.201. The molecule has 2 rings (SSSR count). The van der Waals surface area contributed by atoms with Gasteiger partial charge >= 0.3 is 5.97 Å². The Labute approximate surface area is 141 Å². The number of hydrogen-bond acceptors (Lipinski definition) is 4. The van der Waals surface area contributed by atoms with E-state index in [1.165, 1.54) is 0 Å². The number of rotatable bonds is 7. The van der Waals surface area contributed by atoms with Crippen LogP contribution >= 0.6 is 0 Å². The van der Waals surface area contributed by atoms with Gasteiger partial charge < -0.3 is 14.8 Å². The van der Waals surface area contributed by atoms with Crippen LogP contribution in [-0.2, 0) is 9.47 Å². The van der Waals surface area contributed by atoms with E-state index in [0.29, 0.717) is 30.0 Å². The minimum atomic E-state index is -0.443. The third kappa shape index (κ3) is 5.21. The van der Waals surface area contributed by atoms with E-state index in [4.69, 9.17) is 9.47 Å². The third-order valence-corrected chi connectivity index (χ3v) is 3.30. The average molecular weight is 327 g/mol. The van der Waals surface area contributed by atoms with E-state index in [0.717, 1.165) is 5.56 Å². The van der Waals surface area contributed by atoms with Crippen molar-refractivity contribution in [2.75, 3.05) is 25.1 Å². The number of esters is 1. The number of hydrogen-bond donors (Lipinski definition) is 1. The van der Waals surface area contributed by atoms with Crippen molar-refractivity contribution in [2.24, 2.45) is 0 Å². The van der Waals surface area contributed by atoms with Crippen molar-refractivity contribution >= 4 is 17.6 Å². The molecule has 1 N–H and O–H groups in total. The molecule has 0 saturated carbocycles. The number of aryl methyl sites for hydroxylation is 1. The first-order valence-electron chi connectivity index (χ1n) is 7.83. The molecule has 0 aliphatic heterocycles. The highest BCUT2D eigenvalue weighted by molar-refractivity contribution is 6.05. The summed E-state index contributed by atoms with van der Waals surface area (Å²) in [6.07, 6.45) is 0. The van der Waals surface area contributed by atoms with Gasteiger partial charge in [0.15, 0.2) is 0 Å². The molecule has 0 unspecified atom stereocenters. The SMILES string of the molecule is CCOCCOC(=O)c1cccc(NC(=O)c2cccc(C)c2)c1. The summed E-state index contributed by atoms with van der Waals surface area (Å²) in [7, 11) is 0. The average Bonchev–Trinajstić information content (AvgIpc) is 2.59. The van der Waals surface area contributed by atoms with Crippen molar-refractivity contribution in [3.8, 4) is 0 Å². The lowest BCUT2D eigenvalue weighted by atomic mass is 10.1. The van der Waals surface area contributed by atoms with Crippen LogP contribution in [0.4, 0.5) is 5.69 Å². The van der Waals surface area contributed by atoms with Crippen LogP contribution < -0.4 is 5.32 Å². The van der Waals surface area contributed by atoms with Gasteiger partial charge in [0.2, 0.25) is 0 Å². The van der Waals surface area contributed by atoms with Gasteiger partial charge in [-0.15, -0.1) is 0 Å². The minimum Gasteiger partial charge on any atom is -0.460 e. The zero-order valence-electron chi connectivity index (χ0n) is 13.9. The van der Waals surface area contributed by atoms with Crippen LogP contribution in [0.2, 0.25) is 0 Å². The van der Waals surface area contributed by atoms with Gasteiger partial charge in [0, 0.05) is 17.9 Å². The Morgan fingerprint density at radius 2 is 1.75 bits per heavy atom. The van der Waals surface area contributed by atoms with Crippen LogP contribution in [0, 0.1) is 6.92 Å². The third-order valence-electron chi connectivity index (χ3n) is 3.30. The lowest BCUT2D eigenvalue weighted by Gasteiger charge is -2.08. The summed E-state index contributed by atoms with van der Waals surface area (Å²) in [6.45, 7) is 4.95. The molecule has 0 aliphatic carbocycles. The summed E-state index contributed by atoms with van der Waals surface area (Å²) in [5.74, 6) is -0.665. The Hall–Kier alpha value is -2.66. The second-order valence-corrected chi connectivity index (χ2v) is 5.24. The number of amides is 1. The second kappa shape index (κ2) is 8.84. The highest BCUT2D eigenvalue weighted by Crippen LogP contribution is 2.14. The quantitative estimate of drug-likeness (QED) is 0.625. The largest absolute Gasteiger partial charge is 0.460 e. The molecule has 0 saturated heterocycles. The number of carbonyl (C=O) groups excluding carboxylic acids is 2. The summed E-state index contributed by atoms with van der Waals surface area (Å²) >= 11 is 0. The van der Waals surface area contributed by atoms with Crippen molar-refractivity contribution in [3.63, 3.8) is 0 Å². The monoisotopic (exact) mass is 327 g/mol. The summed E-state index contributed by atoms with van der Waals surface area (Å²) in [5.41, 5.74) is 2.50. The predicted molar refractivity (Wildman–Crippen MR) is 92.3 cm³/mol. The molecule has 0 atom stereocenters. The number of anilines is 1. The Morgan fingerprint density at radius 3 is 2.50 bits per heavy atom. The standard InChI is InChI=1S/C19H21NO4/c1-3-23-10-11-24-19(22)16-8-5-9-17(13-16)20-18(21)15-7-4-6-14(2)12-15/h4-9,12-13H,3,10-11H2,1-2H3,(H,20,21). The fourth-order valence-corrected chi connectivity index (χ4v) is 2.13. The molecule has 0 bridgehead atoms. The van der Waals surface area contributed by atoms with Crippen molar-refractivity contribution < 1.29 is 19.1 Å². The first-order chi connectivity index (χ1) is 11.6. The number of carbonyl (C=O) groups is 2. The molecule has 2 aromatic rings. The molecule has 126 valence electrons. The van der Waals surface area contributed by atoms with Gasteiger partial charge in [-0.25, -0.2) is 4.79 Å². The number of nitrogens with one attached hydrogen (secondary N) is 1. The fraction of sp³-hybridized carbons (Fsp3) is 0.263. The van der Waals surface area contributed by atoms with E-state index in [1.807, 2.05) is 26.0 Å². The molecule has 24 heavy (non-hydrogen) atoms. The van der Waals surface area contributed by atoms with Gasteiger partial charge in [-0.1, -0.05) is 23.8 Å². The first-order valence-corrected chi connectivity index (χ1v) is 7.83. The fourth-order valence-electron chi connectivity index (χ4n) is 2.13. The summed E-state index contributed by atoms with van der Waals surface area (Å²) in [5, 5.41) is 2.79. The van der Waals surface area contributed by atoms with Crippen LogP contribution in [0.3, 0.4) is 0 Å². The maximum atomic E-state index is 12.2. The Morgan fingerprint density at radius 1 is 1.00 bits per heavy atom. The van der Waals surface area contributed by atoms with Crippen LogP contribution in [0.1, 0.15) is 33.2 Å². The molecule has 0 radical (unpaired) electrons. The van der Waals surface area contributed by atoms with Crippen molar-refractivity contribution in [3.05, 3.63) is 65.2 Å². The van der Waals surface area contributed by atoms with Crippen LogP contribution in [0.25, 0.3) is 0 Å². The molecule has 5 heteroatoms.